The molecule has 0 bridgehead atoms. The van der Waals surface area contributed by atoms with Crippen LogP contribution in [-0.2, 0) is 20.0 Å². The summed E-state index contributed by atoms with van der Waals surface area (Å²) in [6, 6.07) is 2.32. The molecule has 1 fully saturated rings. The molecular formula is C15H22ClN3O4S2. The second-order valence-electron chi connectivity index (χ2n) is 6.74. The van der Waals surface area contributed by atoms with Crippen LogP contribution in [0.1, 0.15) is 44.9 Å². The lowest BCUT2D eigenvalue weighted by molar-refractivity contribution is 0.387. The van der Waals surface area contributed by atoms with Crippen molar-refractivity contribution in [3.8, 4) is 0 Å². The molecule has 10 heteroatoms. The van der Waals surface area contributed by atoms with Crippen molar-refractivity contribution in [1.29, 1.82) is 0 Å². The first-order valence-electron chi connectivity index (χ1n) is 8.32. The van der Waals surface area contributed by atoms with Crippen molar-refractivity contribution >= 4 is 37.3 Å². The first-order valence-corrected chi connectivity index (χ1v) is 11.7. The molecule has 7 nitrogen and oxygen atoms in total. The number of hydrogen-bond donors (Lipinski definition) is 3. The normalized spacial score (nSPS) is 24.2. The Bertz CT molecular complexity index is 863. The number of nitrogens with one attached hydrogen (secondary N) is 2. The minimum absolute atomic E-state index is 0.0981. The van der Waals surface area contributed by atoms with Gasteiger partial charge in [-0.05, 0) is 24.5 Å². The van der Waals surface area contributed by atoms with Crippen molar-refractivity contribution in [3.63, 3.8) is 0 Å². The number of nitrogens with two attached hydrogens (primary N) is 1. The number of rotatable bonds is 3. The van der Waals surface area contributed by atoms with Gasteiger partial charge in [0.25, 0.3) is 0 Å². The summed E-state index contributed by atoms with van der Waals surface area (Å²) < 4.78 is 50.8. The Labute approximate surface area is 153 Å². The van der Waals surface area contributed by atoms with Crippen molar-refractivity contribution in [2.75, 3.05) is 5.32 Å². The summed E-state index contributed by atoms with van der Waals surface area (Å²) in [5.74, 6) is 0.461. The molecule has 4 N–H and O–H groups in total. The molecule has 1 aromatic carbocycles. The van der Waals surface area contributed by atoms with E-state index >= 15 is 0 Å². The highest BCUT2D eigenvalue weighted by atomic mass is 35.5. The van der Waals surface area contributed by atoms with Gasteiger partial charge in [-0.3, -0.25) is 0 Å². The van der Waals surface area contributed by atoms with Crippen LogP contribution in [0.2, 0.25) is 5.02 Å². The smallest absolute Gasteiger partial charge is 0.244 e. The van der Waals surface area contributed by atoms with Gasteiger partial charge in [-0.15, -0.1) is 0 Å². The average molecular weight is 408 g/mol. The van der Waals surface area contributed by atoms with Crippen LogP contribution < -0.4 is 15.2 Å². The zero-order valence-electron chi connectivity index (χ0n) is 13.7. The maximum absolute atomic E-state index is 12.6. The third-order valence-corrected chi connectivity index (χ3v) is 7.69. The van der Waals surface area contributed by atoms with Crippen molar-refractivity contribution in [3.05, 3.63) is 17.2 Å². The largest absolute Gasteiger partial charge is 0.368 e. The van der Waals surface area contributed by atoms with Crippen molar-refractivity contribution < 1.29 is 16.8 Å². The topological polar surface area (TPSA) is 118 Å². The minimum Gasteiger partial charge on any atom is -0.368 e. The second-order valence-corrected chi connectivity index (χ2v) is 10.4. The van der Waals surface area contributed by atoms with Crippen LogP contribution in [0.3, 0.4) is 0 Å². The molecule has 3 rings (SSSR count). The molecular weight excluding hydrogens is 386 g/mol. The Morgan fingerprint density at radius 1 is 1.16 bits per heavy atom. The summed E-state index contributed by atoms with van der Waals surface area (Å²) >= 11 is 5.99. The molecule has 1 atom stereocenters. The van der Waals surface area contributed by atoms with Gasteiger partial charge in [-0.2, -0.15) is 4.72 Å². The third kappa shape index (κ3) is 4.28. The molecule has 0 spiro atoms. The van der Waals surface area contributed by atoms with Crippen molar-refractivity contribution in [1.82, 2.24) is 4.72 Å². The van der Waals surface area contributed by atoms with Crippen LogP contribution in [0.15, 0.2) is 21.9 Å². The Hall–Kier alpha value is -0.870. The molecule has 2 aliphatic rings. The quantitative estimate of drug-likeness (QED) is 0.664. The van der Waals surface area contributed by atoms with E-state index in [1.807, 2.05) is 0 Å². The lowest BCUT2D eigenvalue weighted by Crippen LogP contribution is -2.45. The first kappa shape index (κ1) is 18.9. The predicted octanol–water partition coefficient (Wildman–Crippen LogP) is 2.38. The van der Waals surface area contributed by atoms with Crippen LogP contribution in [0.4, 0.5) is 5.69 Å². The number of primary sulfonamides is 1. The van der Waals surface area contributed by atoms with E-state index < -0.39 is 31.1 Å². The van der Waals surface area contributed by atoms with E-state index in [1.54, 1.807) is 0 Å². The molecule has 0 aromatic heterocycles. The van der Waals surface area contributed by atoms with Gasteiger partial charge >= 0.3 is 0 Å². The Morgan fingerprint density at radius 3 is 2.40 bits per heavy atom. The van der Waals surface area contributed by atoms with Gasteiger partial charge in [0, 0.05) is 0 Å². The van der Waals surface area contributed by atoms with Crippen molar-refractivity contribution in [2.45, 2.75) is 60.9 Å². The van der Waals surface area contributed by atoms with Crippen LogP contribution in [-0.4, -0.2) is 23.0 Å². The maximum Gasteiger partial charge on any atom is 0.244 e. The molecule has 1 unspecified atom stereocenters. The van der Waals surface area contributed by atoms with Crippen LogP contribution in [0.25, 0.3) is 0 Å². The summed E-state index contributed by atoms with van der Waals surface area (Å²) in [6.07, 6.45) is 7.25. The van der Waals surface area contributed by atoms with Gasteiger partial charge in [-0.25, -0.2) is 22.0 Å². The number of anilines is 1. The average Bonchev–Trinajstić information content (AvgIpc) is 2.73. The fourth-order valence-corrected chi connectivity index (χ4v) is 6.11. The molecule has 140 valence electrons. The lowest BCUT2D eigenvalue weighted by atomic mass is 9.95. The van der Waals surface area contributed by atoms with Crippen molar-refractivity contribution in [2.24, 2.45) is 11.1 Å². The molecule has 1 aromatic rings. The van der Waals surface area contributed by atoms with E-state index in [9.17, 15) is 16.8 Å². The van der Waals surface area contributed by atoms with Crippen LogP contribution in [0.5, 0.6) is 0 Å². The summed E-state index contributed by atoms with van der Waals surface area (Å²) in [5.41, 5.74) is 0.301. The van der Waals surface area contributed by atoms with E-state index in [-0.39, 0.29) is 9.92 Å². The molecule has 0 saturated heterocycles. The highest BCUT2D eigenvalue weighted by Crippen LogP contribution is 2.35. The molecule has 1 heterocycles. The number of halogens is 1. The molecule has 0 radical (unpaired) electrons. The monoisotopic (exact) mass is 407 g/mol. The number of sulfonamides is 2. The first-order chi connectivity index (χ1) is 11.7. The van der Waals surface area contributed by atoms with Crippen LogP contribution >= 0.6 is 11.6 Å². The van der Waals surface area contributed by atoms with Crippen LogP contribution in [0, 0.1) is 5.92 Å². The summed E-state index contributed by atoms with van der Waals surface area (Å²) in [6.45, 7) is 0. The predicted molar refractivity (Wildman–Crippen MR) is 96.4 cm³/mol. The zero-order chi connectivity index (χ0) is 18.2. The SMILES string of the molecule is NS(=O)(=O)c1cc2c(cc1Cl)NC(CC1CCCCCC1)NS2(=O)=O. The van der Waals surface area contributed by atoms with E-state index in [0.717, 1.165) is 18.9 Å². The Balaban J connectivity index is 1.89. The fourth-order valence-electron chi connectivity index (χ4n) is 3.60. The van der Waals surface area contributed by atoms with Gasteiger partial charge in [0.2, 0.25) is 20.0 Å². The Kier molecular flexibility index (Phi) is 5.32. The maximum atomic E-state index is 12.6. The summed E-state index contributed by atoms with van der Waals surface area (Å²) in [7, 11) is -7.95. The van der Waals surface area contributed by atoms with Gasteiger partial charge < -0.3 is 5.32 Å². The molecule has 1 saturated carbocycles. The van der Waals surface area contributed by atoms with Gasteiger partial charge in [-0.1, -0.05) is 50.1 Å². The summed E-state index contributed by atoms with van der Waals surface area (Å²) in [4.78, 5) is -0.555. The Morgan fingerprint density at radius 2 is 1.80 bits per heavy atom. The molecule has 25 heavy (non-hydrogen) atoms. The van der Waals surface area contributed by atoms with E-state index in [0.29, 0.717) is 18.0 Å². The van der Waals surface area contributed by atoms with Gasteiger partial charge in [0.15, 0.2) is 0 Å². The van der Waals surface area contributed by atoms with Gasteiger partial charge in [0.1, 0.15) is 9.79 Å². The third-order valence-electron chi connectivity index (χ3n) is 4.80. The second kappa shape index (κ2) is 7.03. The molecule has 0 amide bonds. The standard InChI is InChI=1S/C15H22ClN3O4S2/c16-11-8-12-14(9-13(11)24(17,20)21)25(22,23)19-15(18-12)7-10-5-3-1-2-4-6-10/h8-10,15,18-19H,1-7H2,(H2,17,20,21). The molecule has 1 aliphatic heterocycles. The van der Waals surface area contributed by atoms with Gasteiger partial charge in [0.05, 0.1) is 16.9 Å². The zero-order valence-corrected chi connectivity index (χ0v) is 16.1. The fraction of sp³-hybridized carbons (Fsp3) is 0.600. The number of benzene rings is 1. The minimum atomic E-state index is -4.11. The lowest BCUT2D eigenvalue weighted by Gasteiger charge is -2.31. The van der Waals surface area contributed by atoms with E-state index in [1.165, 1.54) is 31.7 Å². The molecule has 1 aliphatic carbocycles. The summed E-state index contributed by atoms with van der Waals surface area (Å²) in [5, 5.41) is 8.13. The van der Waals surface area contributed by atoms with E-state index in [4.69, 9.17) is 16.7 Å². The van der Waals surface area contributed by atoms with E-state index in [2.05, 4.69) is 10.0 Å². The highest BCUT2D eigenvalue weighted by Gasteiger charge is 2.33. The number of fused-ring (bicyclic) bond motifs is 1. The number of hydrogen-bond acceptors (Lipinski definition) is 5. The highest BCUT2D eigenvalue weighted by molar-refractivity contribution is 7.90.